The third kappa shape index (κ3) is 5.14. The van der Waals surface area contributed by atoms with E-state index in [9.17, 15) is 9.59 Å². The van der Waals surface area contributed by atoms with Gasteiger partial charge in [0.2, 0.25) is 5.91 Å². The lowest BCUT2D eigenvalue weighted by molar-refractivity contribution is -0.143. The summed E-state index contributed by atoms with van der Waals surface area (Å²) in [6.07, 6.45) is 2.36. The molecule has 0 aromatic heterocycles. The van der Waals surface area contributed by atoms with Gasteiger partial charge in [-0.15, -0.1) is 0 Å². The van der Waals surface area contributed by atoms with Gasteiger partial charge in [0.1, 0.15) is 0 Å². The van der Waals surface area contributed by atoms with Gasteiger partial charge in [0, 0.05) is 19.0 Å². The Bertz CT molecular complexity index is 238. The second-order valence-corrected chi connectivity index (χ2v) is 4.48. The topological polar surface area (TPSA) is 57.6 Å². The minimum Gasteiger partial charge on any atom is -0.481 e. The summed E-state index contributed by atoms with van der Waals surface area (Å²) in [5.41, 5.74) is 0. The van der Waals surface area contributed by atoms with E-state index in [1.807, 2.05) is 20.8 Å². The van der Waals surface area contributed by atoms with E-state index in [-0.39, 0.29) is 11.9 Å². The van der Waals surface area contributed by atoms with Crippen LogP contribution >= 0.6 is 0 Å². The van der Waals surface area contributed by atoms with Gasteiger partial charge in [-0.1, -0.05) is 20.3 Å². The molecule has 0 aliphatic carbocycles. The summed E-state index contributed by atoms with van der Waals surface area (Å²) in [5.74, 6) is -1.30. The van der Waals surface area contributed by atoms with E-state index in [2.05, 4.69) is 0 Å². The fourth-order valence-corrected chi connectivity index (χ4v) is 1.45. The van der Waals surface area contributed by atoms with Crippen molar-refractivity contribution in [3.63, 3.8) is 0 Å². The summed E-state index contributed by atoms with van der Waals surface area (Å²) in [6.45, 7) is 7.80. The Labute approximate surface area is 97.6 Å². The number of nitrogens with zero attached hydrogens (tertiary/aromatic N) is 1. The largest absolute Gasteiger partial charge is 0.481 e. The van der Waals surface area contributed by atoms with Gasteiger partial charge >= 0.3 is 5.97 Å². The third-order valence-electron chi connectivity index (χ3n) is 2.58. The molecule has 0 spiro atoms. The van der Waals surface area contributed by atoms with Crippen LogP contribution in [0.1, 0.15) is 47.0 Å². The van der Waals surface area contributed by atoms with Crippen LogP contribution in [-0.2, 0) is 9.59 Å². The van der Waals surface area contributed by atoms with Crippen LogP contribution in [0.25, 0.3) is 0 Å². The summed E-state index contributed by atoms with van der Waals surface area (Å²) in [6, 6.07) is 0.0613. The maximum Gasteiger partial charge on any atom is 0.308 e. The molecule has 1 unspecified atom stereocenters. The van der Waals surface area contributed by atoms with E-state index in [4.69, 9.17) is 5.11 Å². The summed E-state index contributed by atoms with van der Waals surface area (Å²) >= 11 is 0. The van der Waals surface area contributed by atoms with Gasteiger partial charge in [-0.3, -0.25) is 9.59 Å². The number of aliphatic carboxylic acids is 1. The number of hydrogen-bond acceptors (Lipinski definition) is 2. The summed E-state index contributed by atoms with van der Waals surface area (Å²) < 4.78 is 0. The van der Waals surface area contributed by atoms with Gasteiger partial charge in [-0.2, -0.15) is 0 Å². The molecule has 1 atom stereocenters. The second kappa shape index (κ2) is 7.25. The molecule has 0 aliphatic heterocycles. The Balaban J connectivity index is 4.37. The highest BCUT2D eigenvalue weighted by atomic mass is 16.4. The average molecular weight is 229 g/mol. The molecule has 16 heavy (non-hydrogen) atoms. The first kappa shape index (κ1) is 14.9. The molecule has 1 amide bonds. The summed E-state index contributed by atoms with van der Waals surface area (Å²) in [4.78, 5) is 24.3. The van der Waals surface area contributed by atoms with E-state index in [1.54, 1.807) is 11.8 Å². The van der Waals surface area contributed by atoms with E-state index in [1.165, 1.54) is 0 Å². The Kier molecular flexibility index (Phi) is 6.77. The molecule has 0 fully saturated rings. The first-order chi connectivity index (χ1) is 7.40. The van der Waals surface area contributed by atoms with Crippen molar-refractivity contribution in [3.05, 3.63) is 0 Å². The lowest BCUT2D eigenvalue weighted by Gasteiger charge is -2.28. The fraction of sp³-hybridized carbons (Fsp3) is 0.833. The van der Waals surface area contributed by atoms with Crippen molar-refractivity contribution < 1.29 is 14.7 Å². The number of carbonyl (C=O) groups is 2. The number of carbonyl (C=O) groups excluding carboxylic acids is 1. The Hall–Kier alpha value is -1.06. The minimum atomic E-state index is -0.853. The predicted octanol–water partition coefficient (Wildman–Crippen LogP) is 2.13. The standard InChI is InChI=1S/C12H23NO3/c1-5-6-7-11(14)13(9(2)3)8-10(4)12(15)16/h9-10H,5-8H2,1-4H3,(H,15,16). The van der Waals surface area contributed by atoms with E-state index < -0.39 is 11.9 Å². The van der Waals surface area contributed by atoms with Gasteiger partial charge in [0.05, 0.1) is 5.92 Å². The molecule has 0 aromatic rings. The highest BCUT2D eigenvalue weighted by molar-refractivity contribution is 5.77. The van der Waals surface area contributed by atoms with Crippen molar-refractivity contribution in [3.8, 4) is 0 Å². The van der Waals surface area contributed by atoms with Crippen molar-refractivity contribution in [2.45, 2.75) is 53.0 Å². The number of unbranched alkanes of at least 4 members (excludes halogenated alkanes) is 1. The Morgan fingerprint density at radius 2 is 1.81 bits per heavy atom. The fourth-order valence-electron chi connectivity index (χ4n) is 1.45. The van der Waals surface area contributed by atoms with Crippen LogP contribution in [0.3, 0.4) is 0 Å². The maximum atomic E-state index is 11.8. The molecule has 0 bridgehead atoms. The van der Waals surface area contributed by atoms with Crippen LogP contribution in [0.15, 0.2) is 0 Å². The molecule has 0 saturated heterocycles. The maximum absolute atomic E-state index is 11.8. The molecule has 1 N–H and O–H groups in total. The van der Waals surface area contributed by atoms with Crippen LogP contribution < -0.4 is 0 Å². The molecule has 0 saturated carbocycles. The number of carboxylic acids is 1. The molecular weight excluding hydrogens is 206 g/mol. The molecular formula is C12H23NO3. The van der Waals surface area contributed by atoms with E-state index in [0.29, 0.717) is 13.0 Å². The molecule has 0 aromatic carbocycles. The first-order valence-corrected chi connectivity index (χ1v) is 5.92. The zero-order valence-corrected chi connectivity index (χ0v) is 10.7. The molecule has 4 heteroatoms. The smallest absolute Gasteiger partial charge is 0.308 e. The van der Waals surface area contributed by atoms with Crippen molar-refractivity contribution in [1.82, 2.24) is 4.90 Å². The average Bonchev–Trinajstić information content (AvgIpc) is 2.21. The Morgan fingerprint density at radius 3 is 2.19 bits per heavy atom. The van der Waals surface area contributed by atoms with Crippen molar-refractivity contribution >= 4 is 11.9 Å². The number of hydrogen-bond donors (Lipinski definition) is 1. The van der Waals surface area contributed by atoms with Crippen LogP contribution in [0.4, 0.5) is 0 Å². The Morgan fingerprint density at radius 1 is 1.25 bits per heavy atom. The molecule has 4 nitrogen and oxygen atoms in total. The van der Waals surface area contributed by atoms with Crippen molar-refractivity contribution in [2.24, 2.45) is 5.92 Å². The van der Waals surface area contributed by atoms with Gasteiger partial charge in [-0.25, -0.2) is 0 Å². The summed E-state index contributed by atoms with van der Waals surface area (Å²) in [7, 11) is 0. The highest BCUT2D eigenvalue weighted by Crippen LogP contribution is 2.09. The summed E-state index contributed by atoms with van der Waals surface area (Å²) in [5, 5.41) is 8.83. The van der Waals surface area contributed by atoms with Crippen molar-refractivity contribution in [1.29, 1.82) is 0 Å². The zero-order chi connectivity index (χ0) is 12.7. The monoisotopic (exact) mass is 229 g/mol. The second-order valence-electron chi connectivity index (χ2n) is 4.48. The SMILES string of the molecule is CCCCC(=O)N(CC(C)C(=O)O)C(C)C. The van der Waals surface area contributed by atoms with Gasteiger partial charge in [-0.05, 0) is 20.3 Å². The minimum absolute atomic E-state index is 0.0601. The van der Waals surface area contributed by atoms with Gasteiger partial charge in [0.15, 0.2) is 0 Å². The lowest BCUT2D eigenvalue weighted by Crippen LogP contribution is -2.41. The van der Waals surface area contributed by atoms with Gasteiger partial charge in [0.25, 0.3) is 0 Å². The van der Waals surface area contributed by atoms with Crippen LogP contribution in [-0.4, -0.2) is 34.5 Å². The zero-order valence-electron chi connectivity index (χ0n) is 10.7. The van der Waals surface area contributed by atoms with E-state index in [0.717, 1.165) is 12.8 Å². The number of amides is 1. The molecule has 0 rings (SSSR count). The lowest BCUT2D eigenvalue weighted by atomic mass is 10.1. The van der Waals surface area contributed by atoms with Crippen LogP contribution in [0.5, 0.6) is 0 Å². The first-order valence-electron chi connectivity index (χ1n) is 5.92. The number of rotatable bonds is 7. The van der Waals surface area contributed by atoms with Crippen LogP contribution in [0.2, 0.25) is 0 Å². The van der Waals surface area contributed by atoms with Crippen LogP contribution in [0, 0.1) is 5.92 Å². The van der Waals surface area contributed by atoms with E-state index >= 15 is 0 Å². The normalized spacial score (nSPS) is 12.6. The number of carboxylic acid groups (broad SMARTS) is 1. The molecule has 0 aliphatic rings. The molecule has 0 heterocycles. The predicted molar refractivity (Wildman–Crippen MR) is 63.2 cm³/mol. The quantitative estimate of drug-likeness (QED) is 0.727. The molecule has 94 valence electrons. The third-order valence-corrected chi connectivity index (χ3v) is 2.58. The molecule has 0 radical (unpaired) electrons. The highest BCUT2D eigenvalue weighted by Gasteiger charge is 2.22. The van der Waals surface area contributed by atoms with Crippen molar-refractivity contribution in [2.75, 3.05) is 6.54 Å². The van der Waals surface area contributed by atoms with Gasteiger partial charge < -0.3 is 10.0 Å².